The van der Waals surface area contributed by atoms with E-state index in [1.165, 1.54) is 32.1 Å². The molecule has 0 aromatic carbocycles. The largest absolute Gasteiger partial charge is 0.337 e. The van der Waals surface area contributed by atoms with Crippen LogP contribution in [0.5, 0.6) is 0 Å². The van der Waals surface area contributed by atoms with E-state index in [2.05, 4.69) is 28.8 Å². The summed E-state index contributed by atoms with van der Waals surface area (Å²) in [5.41, 5.74) is 0.575. The van der Waals surface area contributed by atoms with Crippen molar-refractivity contribution in [3.05, 3.63) is 18.2 Å². The van der Waals surface area contributed by atoms with Crippen molar-refractivity contribution in [2.45, 2.75) is 45.6 Å². The lowest BCUT2D eigenvalue weighted by molar-refractivity contribution is 0.267. The van der Waals surface area contributed by atoms with Crippen molar-refractivity contribution < 1.29 is 0 Å². The molecule has 0 unspecified atom stereocenters. The van der Waals surface area contributed by atoms with Crippen LogP contribution in [-0.4, -0.2) is 16.1 Å². The molecule has 1 aromatic rings. The third-order valence-electron chi connectivity index (χ3n) is 4.12. The summed E-state index contributed by atoms with van der Waals surface area (Å²) in [7, 11) is 2.05. The van der Waals surface area contributed by atoms with Crippen LogP contribution in [0.3, 0.4) is 0 Å². The van der Waals surface area contributed by atoms with Crippen molar-refractivity contribution in [3.63, 3.8) is 0 Å². The molecule has 1 fully saturated rings. The quantitative estimate of drug-likeness (QED) is 0.828. The van der Waals surface area contributed by atoms with E-state index in [1.54, 1.807) is 0 Å². The zero-order valence-electron chi connectivity index (χ0n) is 10.5. The Hall–Kier alpha value is -0.830. The van der Waals surface area contributed by atoms with Gasteiger partial charge in [0.1, 0.15) is 5.82 Å². The standard InChI is InChI=1S/C13H23N3/c1-3-13(6-4-5-7-13)11-14-10-12-15-8-9-16(12)2/h8-9,14H,3-7,10-11H2,1-2H3. The molecule has 1 aliphatic rings. The lowest BCUT2D eigenvalue weighted by Gasteiger charge is -2.27. The van der Waals surface area contributed by atoms with E-state index in [0.717, 1.165) is 18.9 Å². The van der Waals surface area contributed by atoms with Crippen molar-refractivity contribution in [1.29, 1.82) is 0 Å². The Morgan fingerprint density at radius 2 is 2.19 bits per heavy atom. The highest BCUT2D eigenvalue weighted by molar-refractivity contribution is 4.92. The van der Waals surface area contributed by atoms with E-state index in [1.807, 2.05) is 12.4 Å². The van der Waals surface area contributed by atoms with Crippen LogP contribution >= 0.6 is 0 Å². The third kappa shape index (κ3) is 2.46. The second-order valence-electron chi connectivity index (χ2n) is 5.12. The van der Waals surface area contributed by atoms with Gasteiger partial charge >= 0.3 is 0 Å². The van der Waals surface area contributed by atoms with Crippen LogP contribution in [0.4, 0.5) is 0 Å². The molecule has 0 saturated heterocycles. The van der Waals surface area contributed by atoms with Crippen molar-refractivity contribution in [3.8, 4) is 0 Å². The molecule has 0 amide bonds. The maximum absolute atomic E-state index is 4.33. The van der Waals surface area contributed by atoms with E-state index < -0.39 is 0 Å². The average molecular weight is 221 g/mol. The Bertz CT molecular complexity index is 324. The second kappa shape index (κ2) is 5.00. The zero-order valence-corrected chi connectivity index (χ0v) is 10.5. The van der Waals surface area contributed by atoms with Gasteiger partial charge in [0.15, 0.2) is 0 Å². The molecule has 16 heavy (non-hydrogen) atoms. The smallest absolute Gasteiger partial charge is 0.122 e. The first-order valence-electron chi connectivity index (χ1n) is 6.43. The molecule has 0 spiro atoms. The number of nitrogens with one attached hydrogen (secondary N) is 1. The van der Waals surface area contributed by atoms with E-state index >= 15 is 0 Å². The number of rotatable bonds is 5. The minimum Gasteiger partial charge on any atom is -0.337 e. The predicted octanol–water partition coefficient (Wildman–Crippen LogP) is 2.48. The van der Waals surface area contributed by atoms with Crippen molar-refractivity contribution in [2.75, 3.05) is 6.54 Å². The van der Waals surface area contributed by atoms with Crippen LogP contribution in [0, 0.1) is 5.41 Å². The molecule has 0 aliphatic heterocycles. The molecule has 0 atom stereocenters. The monoisotopic (exact) mass is 221 g/mol. The summed E-state index contributed by atoms with van der Waals surface area (Å²) < 4.78 is 2.08. The number of aromatic nitrogens is 2. The summed E-state index contributed by atoms with van der Waals surface area (Å²) in [5, 5.41) is 3.58. The summed E-state index contributed by atoms with van der Waals surface area (Å²) in [5.74, 6) is 1.13. The van der Waals surface area contributed by atoms with Gasteiger partial charge in [0.25, 0.3) is 0 Å². The topological polar surface area (TPSA) is 29.9 Å². The fourth-order valence-corrected chi connectivity index (χ4v) is 2.79. The van der Waals surface area contributed by atoms with Gasteiger partial charge in [0.2, 0.25) is 0 Å². The lowest BCUT2D eigenvalue weighted by Crippen LogP contribution is -2.31. The number of nitrogens with zero attached hydrogens (tertiary/aromatic N) is 2. The van der Waals surface area contributed by atoms with Gasteiger partial charge in [-0.2, -0.15) is 0 Å². The highest BCUT2D eigenvalue weighted by Crippen LogP contribution is 2.40. The second-order valence-corrected chi connectivity index (χ2v) is 5.12. The van der Waals surface area contributed by atoms with Gasteiger partial charge in [0, 0.05) is 26.0 Å². The summed E-state index contributed by atoms with van der Waals surface area (Å²) in [6.45, 7) is 4.37. The van der Waals surface area contributed by atoms with Crippen LogP contribution < -0.4 is 5.32 Å². The summed E-state index contributed by atoms with van der Waals surface area (Å²) in [4.78, 5) is 4.33. The summed E-state index contributed by atoms with van der Waals surface area (Å²) in [6, 6.07) is 0. The molecular weight excluding hydrogens is 198 g/mol. The normalized spacial score (nSPS) is 19.1. The molecule has 0 radical (unpaired) electrons. The lowest BCUT2D eigenvalue weighted by atomic mass is 9.83. The van der Waals surface area contributed by atoms with Gasteiger partial charge in [-0.1, -0.05) is 19.8 Å². The van der Waals surface area contributed by atoms with E-state index in [9.17, 15) is 0 Å². The molecular formula is C13H23N3. The Kier molecular flexibility index (Phi) is 3.64. The van der Waals surface area contributed by atoms with Crippen LogP contribution in [0.15, 0.2) is 12.4 Å². The van der Waals surface area contributed by atoms with Crippen LogP contribution in [-0.2, 0) is 13.6 Å². The van der Waals surface area contributed by atoms with Gasteiger partial charge < -0.3 is 9.88 Å². The van der Waals surface area contributed by atoms with Gasteiger partial charge in [-0.05, 0) is 24.7 Å². The molecule has 1 N–H and O–H groups in total. The van der Waals surface area contributed by atoms with E-state index in [-0.39, 0.29) is 0 Å². The summed E-state index contributed by atoms with van der Waals surface area (Å²) >= 11 is 0. The molecule has 3 heteroatoms. The van der Waals surface area contributed by atoms with Crippen LogP contribution in [0.1, 0.15) is 44.9 Å². The Balaban J connectivity index is 1.81. The Morgan fingerprint density at radius 1 is 1.44 bits per heavy atom. The Morgan fingerprint density at radius 3 is 2.75 bits per heavy atom. The number of hydrogen-bond donors (Lipinski definition) is 1. The van der Waals surface area contributed by atoms with Gasteiger partial charge in [-0.25, -0.2) is 4.98 Å². The van der Waals surface area contributed by atoms with Gasteiger partial charge in [-0.3, -0.25) is 0 Å². The van der Waals surface area contributed by atoms with Crippen LogP contribution in [0.2, 0.25) is 0 Å². The first-order chi connectivity index (χ1) is 7.76. The maximum Gasteiger partial charge on any atom is 0.122 e. The highest BCUT2D eigenvalue weighted by atomic mass is 15.1. The minimum atomic E-state index is 0.575. The zero-order chi connectivity index (χ0) is 11.4. The number of imidazole rings is 1. The predicted molar refractivity (Wildman–Crippen MR) is 66.1 cm³/mol. The molecule has 2 rings (SSSR count). The molecule has 3 nitrogen and oxygen atoms in total. The SMILES string of the molecule is CCC1(CNCc2nccn2C)CCCC1. The number of aryl methyl sites for hydroxylation is 1. The molecule has 1 saturated carbocycles. The first kappa shape index (κ1) is 11.6. The molecule has 90 valence electrons. The molecule has 1 heterocycles. The van der Waals surface area contributed by atoms with Crippen molar-refractivity contribution in [1.82, 2.24) is 14.9 Å². The molecule has 1 aliphatic carbocycles. The van der Waals surface area contributed by atoms with Crippen molar-refractivity contribution >= 4 is 0 Å². The maximum atomic E-state index is 4.33. The van der Waals surface area contributed by atoms with Gasteiger partial charge in [0.05, 0.1) is 6.54 Å². The fourth-order valence-electron chi connectivity index (χ4n) is 2.79. The highest BCUT2D eigenvalue weighted by Gasteiger charge is 2.31. The average Bonchev–Trinajstić information content (AvgIpc) is 2.90. The Labute approximate surface area is 98.3 Å². The number of hydrogen-bond acceptors (Lipinski definition) is 2. The van der Waals surface area contributed by atoms with Gasteiger partial charge in [-0.15, -0.1) is 0 Å². The third-order valence-corrected chi connectivity index (χ3v) is 4.12. The van der Waals surface area contributed by atoms with Crippen LogP contribution in [0.25, 0.3) is 0 Å². The fraction of sp³-hybridized carbons (Fsp3) is 0.769. The van der Waals surface area contributed by atoms with E-state index in [0.29, 0.717) is 5.41 Å². The summed E-state index contributed by atoms with van der Waals surface area (Å²) in [6.07, 6.45) is 10.8. The molecule has 1 aromatic heterocycles. The minimum absolute atomic E-state index is 0.575. The van der Waals surface area contributed by atoms with E-state index in [4.69, 9.17) is 0 Å². The molecule has 0 bridgehead atoms. The first-order valence-corrected chi connectivity index (χ1v) is 6.43. The van der Waals surface area contributed by atoms with Crippen molar-refractivity contribution in [2.24, 2.45) is 12.5 Å².